The highest BCUT2D eigenvalue weighted by Gasteiger charge is 2.13. The van der Waals surface area contributed by atoms with E-state index in [1.165, 1.54) is 0 Å². The molecule has 0 fully saturated rings. The van der Waals surface area contributed by atoms with Crippen LogP contribution in [0.15, 0.2) is 60.9 Å². The largest absolute Gasteiger partial charge is 0.349 e. The van der Waals surface area contributed by atoms with Crippen LogP contribution in [0.2, 0.25) is 0 Å². The van der Waals surface area contributed by atoms with Crippen molar-refractivity contribution >= 4 is 11.8 Å². The molecule has 27 heavy (non-hydrogen) atoms. The van der Waals surface area contributed by atoms with Crippen molar-refractivity contribution in [2.45, 2.75) is 26.4 Å². The van der Waals surface area contributed by atoms with E-state index in [0.717, 1.165) is 11.3 Å². The lowest BCUT2D eigenvalue weighted by Gasteiger charge is -2.08. The number of carbonyl (C=O) groups excluding carboxylic acids is 2. The Kier molecular flexibility index (Phi) is 5.61. The first-order valence-corrected chi connectivity index (χ1v) is 8.68. The molecule has 2 heterocycles. The van der Waals surface area contributed by atoms with Gasteiger partial charge in [0.2, 0.25) is 0 Å². The number of carbonyl (C=O) groups is 2. The molecule has 2 N–H and O–H groups in total. The minimum absolute atomic E-state index is 0.00191. The summed E-state index contributed by atoms with van der Waals surface area (Å²) in [5, 5.41) is 9.86. The minimum Gasteiger partial charge on any atom is -0.349 e. The summed E-state index contributed by atoms with van der Waals surface area (Å²) in [6.07, 6.45) is 3.56. The highest BCUT2D eigenvalue weighted by Crippen LogP contribution is 2.08. The predicted molar refractivity (Wildman–Crippen MR) is 102 cm³/mol. The van der Waals surface area contributed by atoms with E-state index in [1.54, 1.807) is 29.1 Å². The Hall–Kier alpha value is -3.48. The van der Waals surface area contributed by atoms with Gasteiger partial charge >= 0.3 is 0 Å². The molecule has 3 rings (SSSR count). The molecule has 138 valence electrons. The summed E-state index contributed by atoms with van der Waals surface area (Å²) in [5.41, 5.74) is 2.22. The van der Waals surface area contributed by atoms with E-state index in [2.05, 4.69) is 20.7 Å². The van der Waals surface area contributed by atoms with Crippen LogP contribution in [-0.4, -0.2) is 32.6 Å². The van der Waals surface area contributed by atoms with Gasteiger partial charge in [-0.25, -0.2) is 9.67 Å². The normalized spacial score (nSPS) is 10.6. The van der Waals surface area contributed by atoms with E-state index in [-0.39, 0.29) is 29.2 Å². The van der Waals surface area contributed by atoms with Crippen LogP contribution in [0.4, 0.5) is 0 Å². The maximum absolute atomic E-state index is 12.4. The van der Waals surface area contributed by atoms with Crippen LogP contribution in [0.3, 0.4) is 0 Å². The molecule has 7 nitrogen and oxygen atoms in total. The molecule has 0 spiro atoms. The first kappa shape index (κ1) is 18.3. The van der Waals surface area contributed by atoms with E-state index in [1.807, 2.05) is 50.4 Å². The Morgan fingerprint density at radius 3 is 2.41 bits per heavy atom. The zero-order valence-electron chi connectivity index (χ0n) is 15.2. The quantitative estimate of drug-likeness (QED) is 0.703. The van der Waals surface area contributed by atoms with E-state index >= 15 is 0 Å². The number of rotatable bonds is 6. The third-order valence-corrected chi connectivity index (χ3v) is 3.74. The highest BCUT2D eigenvalue weighted by atomic mass is 16.2. The van der Waals surface area contributed by atoms with Crippen molar-refractivity contribution < 1.29 is 9.59 Å². The van der Waals surface area contributed by atoms with Gasteiger partial charge in [0.1, 0.15) is 11.4 Å². The van der Waals surface area contributed by atoms with Gasteiger partial charge in [0.15, 0.2) is 0 Å². The maximum atomic E-state index is 12.4. The van der Waals surface area contributed by atoms with Gasteiger partial charge in [0.25, 0.3) is 11.8 Å². The molecule has 0 atom stereocenters. The van der Waals surface area contributed by atoms with Gasteiger partial charge in [-0.1, -0.05) is 24.3 Å². The third kappa shape index (κ3) is 4.78. The number of hydrogen-bond acceptors (Lipinski definition) is 4. The Bertz CT molecular complexity index is 934. The van der Waals surface area contributed by atoms with Gasteiger partial charge in [-0.05, 0) is 38.1 Å². The fourth-order valence-electron chi connectivity index (χ4n) is 2.47. The van der Waals surface area contributed by atoms with Crippen molar-refractivity contribution in [1.29, 1.82) is 0 Å². The van der Waals surface area contributed by atoms with Gasteiger partial charge in [-0.2, -0.15) is 5.10 Å². The van der Waals surface area contributed by atoms with Gasteiger partial charge in [0, 0.05) is 24.3 Å². The summed E-state index contributed by atoms with van der Waals surface area (Å²) in [6.45, 7) is 4.05. The molecule has 0 aliphatic rings. The second-order valence-corrected chi connectivity index (χ2v) is 6.35. The van der Waals surface area contributed by atoms with Gasteiger partial charge in [-0.3, -0.25) is 9.59 Å². The summed E-state index contributed by atoms with van der Waals surface area (Å²) in [5.74, 6) is -0.648. The predicted octanol–water partition coefficient (Wildman–Crippen LogP) is 2.34. The van der Waals surface area contributed by atoms with Crippen molar-refractivity contribution in [1.82, 2.24) is 25.4 Å². The Labute approximate surface area is 157 Å². The number of nitrogens with zero attached hydrogens (tertiary/aromatic N) is 3. The maximum Gasteiger partial charge on any atom is 0.270 e. The Morgan fingerprint density at radius 2 is 1.70 bits per heavy atom. The lowest BCUT2D eigenvalue weighted by atomic mass is 10.2. The zero-order valence-corrected chi connectivity index (χ0v) is 15.2. The van der Waals surface area contributed by atoms with Crippen molar-refractivity contribution in [3.63, 3.8) is 0 Å². The monoisotopic (exact) mass is 363 g/mol. The molecule has 2 amide bonds. The molecule has 0 saturated heterocycles. The van der Waals surface area contributed by atoms with Crippen LogP contribution < -0.4 is 10.6 Å². The molecule has 0 aliphatic carbocycles. The summed E-state index contributed by atoms with van der Waals surface area (Å²) >= 11 is 0. The summed E-state index contributed by atoms with van der Waals surface area (Å²) in [6, 6.07) is 14.5. The average molecular weight is 363 g/mol. The number of benzene rings is 1. The second kappa shape index (κ2) is 8.27. The third-order valence-electron chi connectivity index (χ3n) is 3.74. The standard InChI is InChI=1S/C20H21N5O2/c1-14(2)23-20(27)18-10-6-9-17(24-18)19(26)21-11-15-12-22-25(13-15)16-7-4-3-5-8-16/h3-10,12-14H,11H2,1-2H3,(H,21,26)(H,23,27). The number of pyridine rings is 1. The first-order chi connectivity index (χ1) is 13.0. The van der Waals surface area contributed by atoms with Crippen LogP contribution in [-0.2, 0) is 6.54 Å². The molecule has 7 heteroatoms. The second-order valence-electron chi connectivity index (χ2n) is 6.35. The molecule has 0 radical (unpaired) electrons. The molecule has 0 bridgehead atoms. The van der Waals surface area contributed by atoms with E-state index in [4.69, 9.17) is 0 Å². The molecule has 1 aromatic carbocycles. The van der Waals surface area contributed by atoms with Crippen molar-refractivity contribution in [2.24, 2.45) is 0 Å². The molecule has 3 aromatic rings. The number of para-hydroxylation sites is 1. The number of hydrogen-bond donors (Lipinski definition) is 2. The number of amides is 2. The molecule has 2 aromatic heterocycles. The van der Waals surface area contributed by atoms with Crippen molar-refractivity contribution in [3.8, 4) is 5.69 Å². The lowest BCUT2D eigenvalue weighted by molar-refractivity contribution is 0.0936. The summed E-state index contributed by atoms with van der Waals surface area (Å²) in [4.78, 5) is 28.5. The van der Waals surface area contributed by atoms with Crippen LogP contribution in [0.5, 0.6) is 0 Å². The zero-order chi connectivity index (χ0) is 19.2. The van der Waals surface area contributed by atoms with Crippen LogP contribution >= 0.6 is 0 Å². The Morgan fingerprint density at radius 1 is 1.00 bits per heavy atom. The van der Waals surface area contributed by atoms with Gasteiger partial charge < -0.3 is 10.6 Å². The fraction of sp³-hybridized carbons (Fsp3) is 0.200. The van der Waals surface area contributed by atoms with E-state index in [0.29, 0.717) is 6.54 Å². The molecule has 0 unspecified atom stereocenters. The summed E-state index contributed by atoms with van der Waals surface area (Å²) in [7, 11) is 0. The van der Waals surface area contributed by atoms with Crippen molar-refractivity contribution in [2.75, 3.05) is 0 Å². The lowest BCUT2D eigenvalue weighted by Crippen LogP contribution is -2.31. The number of aromatic nitrogens is 3. The van der Waals surface area contributed by atoms with Crippen LogP contribution in [0.1, 0.15) is 40.4 Å². The van der Waals surface area contributed by atoms with E-state index < -0.39 is 0 Å². The van der Waals surface area contributed by atoms with Gasteiger partial charge in [-0.15, -0.1) is 0 Å². The van der Waals surface area contributed by atoms with Crippen LogP contribution in [0, 0.1) is 0 Å². The van der Waals surface area contributed by atoms with Crippen LogP contribution in [0.25, 0.3) is 5.69 Å². The molecule has 0 aliphatic heterocycles. The van der Waals surface area contributed by atoms with E-state index in [9.17, 15) is 9.59 Å². The number of nitrogens with one attached hydrogen (secondary N) is 2. The Balaban J connectivity index is 1.63. The highest BCUT2D eigenvalue weighted by molar-refractivity contribution is 5.96. The van der Waals surface area contributed by atoms with Gasteiger partial charge in [0.05, 0.1) is 11.9 Å². The minimum atomic E-state index is -0.346. The topological polar surface area (TPSA) is 88.9 Å². The average Bonchev–Trinajstić information content (AvgIpc) is 3.15. The summed E-state index contributed by atoms with van der Waals surface area (Å²) < 4.78 is 1.75. The fourth-order valence-corrected chi connectivity index (χ4v) is 2.47. The molecule has 0 saturated carbocycles. The SMILES string of the molecule is CC(C)NC(=O)c1cccc(C(=O)NCc2cnn(-c3ccccc3)c2)n1. The molecular weight excluding hydrogens is 342 g/mol. The smallest absolute Gasteiger partial charge is 0.270 e. The first-order valence-electron chi connectivity index (χ1n) is 8.68. The van der Waals surface area contributed by atoms with Crippen molar-refractivity contribution in [3.05, 3.63) is 77.9 Å². The molecular formula is C20H21N5O2.